The first-order valence-electron chi connectivity index (χ1n) is 2.69. The average molecular weight is 133 g/mol. The molecular formula is C5H11NOS. The van der Waals surface area contributed by atoms with Crippen LogP contribution in [0.25, 0.3) is 0 Å². The number of hydrogen-bond acceptors (Lipinski definition) is 2. The van der Waals surface area contributed by atoms with E-state index in [1.54, 1.807) is 0 Å². The van der Waals surface area contributed by atoms with Gasteiger partial charge in [0.2, 0.25) is 0 Å². The Morgan fingerprint density at radius 1 is 1.62 bits per heavy atom. The molecule has 0 radical (unpaired) electrons. The summed E-state index contributed by atoms with van der Waals surface area (Å²) in [4.78, 5) is 0. The quantitative estimate of drug-likeness (QED) is 0.574. The van der Waals surface area contributed by atoms with Crippen LogP contribution in [0.4, 0.5) is 0 Å². The van der Waals surface area contributed by atoms with E-state index in [-0.39, 0.29) is 4.75 Å². The van der Waals surface area contributed by atoms with Crippen molar-refractivity contribution in [3.63, 3.8) is 0 Å². The van der Waals surface area contributed by atoms with Crippen molar-refractivity contribution < 1.29 is 4.21 Å². The lowest BCUT2D eigenvalue weighted by Gasteiger charge is -2.05. The highest BCUT2D eigenvalue weighted by Crippen LogP contribution is 2.42. The molecule has 0 bridgehead atoms. The van der Waals surface area contributed by atoms with Crippen molar-refractivity contribution in [3.05, 3.63) is 0 Å². The van der Waals surface area contributed by atoms with Gasteiger partial charge in [0.05, 0.1) is 4.75 Å². The Hall–Kier alpha value is -0.0500. The van der Waals surface area contributed by atoms with Gasteiger partial charge in [0.15, 0.2) is 0 Å². The van der Waals surface area contributed by atoms with Crippen LogP contribution in [0.5, 0.6) is 0 Å². The molecule has 0 aromatic rings. The molecule has 0 aromatic heterocycles. The Labute approximate surface area is 50.3 Å². The summed E-state index contributed by atoms with van der Waals surface area (Å²) in [6, 6.07) is 0. The minimum atomic E-state index is -2.23. The van der Waals surface area contributed by atoms with E-state index in [4.69, 9.17) is 4.78 Å². The van der Waals surface area contributed by atoms with E-state index in [9.17, 15) is 4.21 Å². The van der Waals surface area contributed by atoms with Gasteiger partial charge < -0.3 is 0 Å². The van der Waals surface area contributed by atoms with E-state index in [1.165, 1.54) is 6.26 Å². The van der Waals surface area contributed by atoms with Gasteiger partial charge in [-0.1, -0.05) is 0 Å². The normalized spacial score (nSPS) is 31.2. The van der Waals surface area contributed by atoms with Crippen LogP contribution in [0, 0.1) is 4.78 Å². The summed E-state index contributed by atoms with van der Waals surface area (Å²) in [5.74, 6) is 0. The first-order chi connectivity index (χ1) is 3.46. The zero-order valence-corrected chi connectivity index (χ0v) is 6.05. The van der Waals surface area contributed by atoms with Gasteiger partial charge in [-0.05, 0) is 19.8 Å². The molecule has 3 heteroatoms. The molecule has 0 heterocycles. The van der Waals surface area contributed by atoms with Crippen molar-refractivity contribution in [2.24, 2.45) is 0 Å². The van der Waals surface area contributed by atoms with Gasteiger partial charge in [-0.2, -0.15) is 0 Å². The molecule has 1 fully saturated rings. The summed E-state index contributed by atoms with van der Waals surface area (Å²) in [6.45, 7) is 1.92. The molecule has 0 amide bonds. The fourth-order valence-electron chi connectivity index (χ4n) is 0.566. The van der Waals surface area contributed by atoms with Gasteiger partial charge in [0, 0.05) is 16.0 Å². The molecule has 0 spiro atoms. The van der Waals surface area contributed by atoms with Gasteiger partial charge in [0.1, 0.15) is 0 Å². The maximum atomic E-state index is 10.9. The van der Waals surface area contributed by atoms with Crippen LogP contribution in [0.15, 0.2) is 0 Å². The van der Waals surface area contributed by atoms with E-state index in [2.05, 4.69) is 0 Å². The molecule has 1 rings (SSSR count). The fraction of sp³-hybridized carbons (Fsp3) is 1.00. The van der Waals surface area contributed by atoms with Crippen LogP contribution in [0.3, 0.4) is 0 Å². The van der Waals surface area contributed by atoms with E-state index in [0.29, 0.717) is 0 Å². The summed E-state index contributed by atoms with van der Waals surface area (Å²) in [6.07, 6.45) is 3.48. The third-order valence-electron chi connectivity index (χ3n) is 1.89. The van der Waals surface area contributed by atoms with Gasteiger partial charge in [-0.25, -0.2) is 4.21 Å². The Balaban J connectivity index is 2.90. The Morgan fingerprint density at radius 3 is 2.00 bits per heavy atom. The smallest absolute Gasteiger partial charge is 0.0509 e. The lowest BCUT2D eigenvalue weighted by atomic mass is 10.5. The molecule has 1 saturated carbocycles. The van der Waals surface area contributed by atoms with Crippen LogP contribution in [-0.4, -0.2) is 15.2 Å². The highest BCUT2D eigenvalue weighted by atomic mass is 32.2. The van der Waals surface area contributed by atoms with Gasteiger partial charge >= 0.3 is 0 Å². The lowest BCUT2D eigenvalue weighted by Crippen LogP contribution is -2.14. The SMILES string of the molecule is CC1(S(C)(=N)=O)CC1. The third-order valence-corrected chi connectivity index (χ3v) is 4.18. The zero-order chi connectivity index (χ0) is 6.41. The first kappa shape index (κ1) is 6.08. The highest BCUT2D eigenvalue weighted by molar-refractivity contribution is 7.93. The summed E-state index contributed by atoms with van der Waals surface area (Å²) in [5.41, 5.74) is 0. The summed E-state index contributed by atoms with van der Waals surface area (Å²) < 4.78 is 18.0. The monoisotopic (exact) mass is 133 g/mol. The third kappa shape index (κ3) is 0.749. The van der Waals surface area contributed by atoms with E-state index in [0.717, 1.165) is 12.8 Å². The largest absolute Gasteiger partial charge is 0.253 e. The highest BCUT2D eigenvalue weighted by Gasteiger charge is 2.44. The van der Waals surface area contributed by atoms with Crippen LogP contribution in [0.1, 0.15) is 19.8 Å². The molecule has 1 aliphatic carbocycles. The molecule has 2 nitrogen and oxygen atoms in total. The van der Waals surface area contributed by atoms with Crippen molar-refractivity contribution in [2.75, 3.05) is 6.26 Å². The van der Waals surface area contributed by atoms with E-state index < -0.39 is 9.73 Å². The van der Waals surface area contributed by atoms with Gasteiger partial charge in [0.25, 0.3) is 0 Å². The molecule has 1 atom stereocenters. The van der Waals surface area contributed by atoms with Crippen molar-refractivity contribution in [3.8, 4) is 0 Å². The van der Waals surface area contributed by atoms with E-state index in [1.807, 2.05) is 6.92 Å². The van der Waals surface area contributed by atoms with Crippen molar-refractivity contribution >= 4 is 9.73 Å². The Kier molecular flexibility index (Phi) is 0.960. The fourth-order valence-corrected chi connectivity index (χ4v) is 1.45. The van der Waals surface area contributed by atoms with Crippen molar-refractivity contribution in [1.29, 1.82) is 4.78 Å². The molecule has 0 aliphatic heterocycles. The number of rotatable bonds is 1. The van der Waals surface area contributed by atoms with Crippen LogP contribution in [-0.2, 0) is 9.73 Å². The standard InChI is InChI=1S/C5H11NOS/c1-5(3-4-5)8(2,6)7/h6H,3-4H2,1-2H3. The molecular weight excluding hydrogens is 122 g/mol. The predicted octanol–water partition coefficient (Wildman–Crippen LogP) is 1.22. The number of hydrogen-bond donors (Lipinski definition) is 1. The Bertz CT molecular complexity index is 188. The predicted molar refractivity (Wildman–Crippen MR) is 34.4 cm³/mol. The van der Waals surface area contributed by atoms with Gasteiger partial charge in [-0.3, -0.25) is 4.78 Å². The molecule has 0 aromatic carbocycles. The second kappa shape index (κ2) is 1.26. The zero-order valence-electron chi connectivity index (χ0n) is 5.23. The van der Waals surface area contributed by atoms with Gasteiger partial charge in [-0.15, -0.1) is 0 Å². The maximum Gasteiger partial charge on any atom is 0.0509 e. The molecule has 0 saturated heterocycles. The minimum Gasteiger partial charge on any atom is -0.253 e. The summed E-state index contributed by atoms with van der Waals surface area (Å²) in [7, 11) is -2.23. The molecule has 8 heavy (non-hydrogen) atoms. The maximum absolute atomic E-state index is 10.9. The second-order valence-electron chi connectivity index (χ2n) is 2.79. The molecule has 1 aliphatic rings. The second-order valence-corrected chi connectivity index (χ2v) is 5.47. The Morgan fingerprint density at radius 2 is 2.00 bits per heavy atom. The molecule has 48 valence electrons. The average Bonchev–Trinajstić information content (AvgIpc) is 2.16. The topological polar surface area (TPSA) is 40.9 Å². The van der Waals surface area contributed by atoms with Crippen molar-refractivity contribution in [2.45, 2.75) is 24.5 Å². The molecule has 1 N–H and O–H groups in total. The van der Waals surface area contributed by atoms with E-state index >= 15 is 0 Å². The van der Waals surface area contributed by atoms with Crippen LogP contribution < -0.4 is 0 Å². The van der Waals surface area contributed by atoms with Crippen molar-refractivity contribution in [1.82, 2.24) is 0 Å². The summed E-state index contributed by atoms with van der Waals surface area (Å²) >= 11 is 0. The number of nitrogens with one attached hydrogen (secondary N) is 1. The molecule has 1 unspecified atom stereocenters. The first-order valence-corrected chi connectivity index (χ1v) is 4.66. The lowest BCUT2D eigenvalue weighted by molar-refractivity contribution is 0.667. The van der Waals surface area contributed by atoms with Crippen LogP contribution in [0.2, 0.25) is 0 Å². The van der Waals surface area contributed by atoms with Crippen LogP contribution >= 0.6 is 0 Å². The summed E-state index contributed by atoms with van der Waals surface area (Å²) in [5, 5.41) is 0. The minimum absolute atomic E-state index is 0.118.